The number of ketones is 1. The van der Waals surface area contributed by atoms with E-state index in [4.69, 9.17) is 5.73 Å². The molecule has 25 heavy (non-hydrogen) atoms. The first-order chi connectivity index (χ1) is 12.0. The number of thioether (sulfide) groups is 1. The number of Topliss-reactive ketones (excluding diaryl/α,β-unsaturated/α-hetero) is 1. The monoisotopic (exact) mass is 378 g/mol. The van der Waals surface area contributed by atoms with Crippen LogP contribution in [0.1, 0.15) is 35.8 Å². The van der Waals surface area contributed by atoms with Crippen molar-refractivity contribution in [1.82, 2.24) is 19.7 Å². The molecule has 2 aromatic heterocycles. The second-order valence-corrected chi connectivity index (χ2v) is 7.09. The Morgan fingerprint density at radius 2 is 2.24 bits per heavy atom. The molecule has 0 aliphatic heterocycles. The number of nitrogens with zero attached hydrogens (tertiary/aromatic N) is 5. The summed E-state index contributed by atoms with van der Waals surface area (Å²) in [5.74, 6) is -0.718. The summed E-state index contributed by atoms with van der Waals surface area (Å²) in [6.45, 7) is 4.37. The van der Waals surface area contributed by atoms with Gasteiger partial charge in [0.25, 0.3) is 0 Å². The predicted octanol–water partition coefficient (Wildman–Crippen LogP) is 1.45. The van der Waals surface area contributed by atoms with Crippen LogP contribution in [0.2, 0.25) is 0 Å². The quantitative estimate of drug-likeness (QED) is 0.654. The molecule has 8 nitrogen and oxygen atoms in total. The van der Waals surface area contributed by atoms with Gasteiger partial charge in [-0.3, -0.25) is 9.59 Å². The SMILES string of the molecule is CCn1c(CCC(N)=O)nnc1SCC(=O)[C@@H](C#N)c1nc(C)cs1. The van der Waals surface area contributed by atoms with Crippen LogP contribution in [-0.4, -0.2) is 37.2 Å². The van der Waals surface area contributed by atoms with Gasteiger partial charge in [0.1, 0.15) is 10.8 Å². The molecule has 0 bridgehead atoms. The van der Waals surface area contributed by atoms with E-state index in [2.05, 4.69) is 15.2 Å². The van der Waals surface area contributed by atoms with Crippen LogP contribution >= 0.6 is 23.1 Å². The molecule has 0 unspecified atom stereocenters. The second-order valence-electron chi connectivity index (χ2n) is 5.25. The average molecular weight is 378 g/mol. The van der Waals surface area contributed by atoms with Crippen LogP contribution in [-0.2, 0) is 22.6 Å². The lowest BCUT2D eigenvalue weighted by Crippen LogP contribution is -2.15. The van der Waals surface area contributed by atoms with Crippen molar-refractivity contribution in [2.24, 2.45) is 5.73 Å². The van der Waals surface area contributed by atoms with E-state index < -0.39 is 11.8 Å². The first-order valence-corrected chi connectivity index (χ1v) is 9.50. The maximum Gasteiger partial charge on any atom is 0.217 e. The van der Waals surface area contributed by atoms with Crippen molar-refractivity contribution in [2.45, 2.75) is 44.3 Å². The van der Waals surface area contributed by atoms with Crippen LogP contribution in [0.5, 0.6) is 0 Å². The number of thiazole rings is 1. The summed E-state index contributed by atoms with van der Waals surface area (Å²) in [5, 5.41) is 20.4. The minimum Gasteiger partial charge on any atom is -0.370 e. The van der Waals surface area contributed by atoms with Gasteiger partial charge >= 0.3 is 0 Å². The predicted molar refractivity (Wildman–Crippen MR) is 94.1 cm³/mol. The van der Waals surface area contributed by atoms with E-state index >= 15 is 0 Å². The third-order valence-electron chi connectivity index (χ3n) is 3.38. The lowest BCUT2D eigenvalue weighted by Gasteiger charge is -2.07. The van der Waals surface area contributed by atoms with Crippen LogP contribution in [0.4, 0.5) is 0 Å². The van der Waals surface area contributed by atoms with Gasteiger partial charge in [0.05, 0.1) is 11.8 Å². The van der Waals surface area contributed by atoms with Crippen molar-refractivity contribution in [3.05, 3.63) is 21.9 Å². The lowest BCUT2D eigenvalue weighted by atomic mass is 10.1. The molecule has 0 radical (unpaired) electrons. The van der Waals surface area contributed by atoms with Crippen LogP contribution in [0.15, 0.2) is 10.5 Å². The molecule has 0 aromatic carbocycles. The number of hydrogen-bond donors (Lipinski definition) is 1. The van der Waals surface area contributed by atoms with Crippen LogP contribution < -0.4 is 5.73 Å². The highest BCUT2D eigenvalue weighted by atomic mass is 32.2. The van der Waals surface area contributed by atoms with Crippen molar-refractivity contribution < 1.29 is 9.59 Å². The second kappa shape index (κ2) is 8.73. The van der Waals surface area contributed by atoms with Crippen LogP contribution in [0.25, 0.3) is 0 Å². The average Bonchev–Trinajstić information content (AvgIpc) is 3.17. The number of hydrogen-bond acceptors (Lipinski definition) is 8. The third kappa shape index (κ3) is 4.87. The Hall–Kier alpha value is -2.25. The number of aromatic nitrogens is 4. The maximum absolute atomic E-state index is 12.4. The van der Waals surface area contributed by atoms with E-state index in [9.17, 15) is 14.9 Å². The number of nitriles is 1. The molecule has 1 amide bonds. The minimum atomic E-state index is -0.862. The van der Waals surface area contributed by atoms with Crippen LogP contribution in [0.3, 0.4) is 0 Å². The zero-order valence-corrected chi connectivity index (χ0v) is 15.6. The molecule has 0 fully saturated rings. The standard InChI is InChI=1S/C15H18N6O2S2/c1-3-21-13(5-4-12(17)23)19-20-15(21)25-8-11(22)10(6-16)14-18-9(2)7-24-14/h7,10H,3-5,8H2,1-2H3,(H2,17,23)/t10-/m1/s1. The number of rotatable bonds is 9. The number of carbonyl (C=O) groups excluding carboxylic acids is 2. The van der Waals surface area contributed by atoms with E-state index in [-0.39, 0.29) is 18.0 Å². The molecule has 0 spiro atoms. The summed E-state index contributed by atoms with van der Waals surface area (Å²) in [7, 11) is 0. The van der Waals surface area contributed by atoms with Gasteiger partial charge in [-0.1, -0.05) is 11.8 Å². The van der Waals surface area contributed by atoms with Gasteiger partial charge in [-0.15, -0.1) is 21.5 Å². The Balaban J connectivity index is 2.04. The summed E-state index contributed by atoms with van der Waals surface area (Å²) in [4.78, 5) is 27.5. The molecule has 2 rings (SSSR count). The molecular formula is C15H18N6O2S2. The first-order valence-electron chi connectivity index (χ1n) is 7.63. The highest BCUT2D eigenvalue weighted by molar-refractivity contribution is 7.99. The Morgan fingerprint density at radius 1 is 1.48 bits per heavy atom. The summed E-state index contributed by atoms with van der Waals surface area (Å²) in [5.41, 5.74) is 5.96. The number of primary amides is 1. The fourth-order valence-corrected chi connectivity index (χ4v) is 3.94. The third-order valence-corrected chi connectivity index (χ3v) is 5.40. The molecule has 2 heterocycles. The zero-order chi connectivity index (χ0) is 18.4. The maximum atomic E-state index is 12.4. The topological polar surface area (TPSA) is 128 Å². The van der Waals surface area contributed by atoms with Gasteiger partial charge in [-0.2, -0.15) is 5.26 Å². The number of nitrogens with two attached hydrogens (primary N) is 1. The van der Waals surface area contributed by atoms with Crippen molar-refractivity contribution in [1.29, 1.82) is 5.26 Å². The van der Waals surface area contributed by atoms with E-state index in [1.807, 2.05) is 29.9 Å². The van der Waals surface area contributed by atoms with Crippen molar-refractivity contribution >= 4 is 34.8 Å². The van der Waals surface area contributed by atoms with Gasteiger partial charge in [0.2, 0.25) is 5.91 Å². The Morgan fingerprint density at radius 3 is 2.80 bits per heavy atom. The Bertz CT molecular complexity index is 807. The smallest absolute Gasteiger partial charge is 0.217 e. The van der Waals surface area contributed by atoms with E-state index in [0.717, 1.165) is 5.69 Å². The van der Waals surface area contributed by atoms with Gasteiger partial charge in [0, 0.05) is 30.5 Å². The van der Waals surface area contributed by atoms with Crippen molar-refractivity contribution in [3.8, 4) is 6.07 Å². The Labute approximate surface area is 153 Å². The van der Waals surface area contributed by atoms with Crippen LogP contribution in [0, 0.1) is 18.3 Å². The zero-order valence-electron chi connectivity index (χ0n) is 13.9. The molecule has 0 saturated carbocycles. The summed E-state index contributed by atoms with van der Waals surface area (Å²) in [6.07, 6.45) is 0.603. The molecule has 2 N–H and O–H groups in total. The summed E-state index contributed by atoms with van der Waals surface area (Å²) in [6, 6.07) is 2.03. The number of aryl methyl sites for hydroxylation is 2. The van der Waals surface area contributed by atoms with E-state index in [1.165, 1.54) is 23.1 Å². The van der Waals surface area contributed by atoms with Gasteiger partial charge in [-0.05, 0) is 13.8 Å². The largest absolute Gasteiger partial charge is 0.370 e. The van der Waals surface area contributed by atoms with Crippen molar-refractivity contribution in [2.75, 3.05) is 5.75 Å². The fraction of sp³-hybridized carbons (Fsp3) is 0.467. The van der Waals surface area contributed by atoms with E-state index in [1.54, 1.807) is 0 Å². The molecule has 0 aliphatic carbocycles. The molecule has 10 heteroatoms. The van der Waals surface area contributed by atoms with Gasteiger partial charge < -0.3 is 10.3 Å². The molecule has 0 saturated heterocycles. The lowest BCUT2D eigenvalue weighted by molar-refractivity contribution is -0.118. The summed E-state index contributed by atoms with van der Waals surface area (Å²) < 4.78 is 1.84. The van der Waals surface area contributed by atoms with Gasteiger partial charge in [0.15, 0.2) is 16.9 Å². The Kier molecular flexibility index (Phi) is 6.66. The van der Waals surface area contributed by atoms with Crippen molar-refractivity contribution in [3.63, 3.8) is 0 Å². The highest BCUT2D eigenvalue weighted by Crippen LogP contribution is 2.24. The normalized spacial score (nSPS) is 11.9. The minimum absolute atomic E-state index is 0.102. The summed E-state index contributed by atoms with van der Waals surface area (Å²) >= 11 is 2.54. The highest BCUT2D eigenvalue weighted by Gasteiger charge is 2.24. The molecule has 0 aliphatic rings. The van der Waals surface area contributed by atoms with Gasteiger partial charge in [-0.25, -0.2) is 4.98 Å². The molecule has 2 aromatic rings. The fourth-order valence-electron chi connectivity index (χ4n) is 2.15. The molecule has 1 atom stereocenters. The number of carbonyl (C=O) groups is 2. The number of amides is 1. The first kappa shape index (κ1) is 19.1. The molecular weight excluding hydrogens is 360 g/mol. The van der Waals surface area contributed by atoms with E-state index in [0.29, 0.717) is 29.0 Å². The molecule has 132 valence electrons.